The van der Waals surface area contributed by atoms with E-state index in [4.69, 9.17) is 5.73 Å². The first-order chi connectivity index (χ1) is 9.48. The normalized spacial score (nSPS) is 13.4. The minimum absolute atomic E-state index is 0.0133. The van der Waals surface area contributed by atoms with Gasteiger partial charge in [-0.15, -0.1) is 5.10 Å². The molecule has 0 aliphatic heterocycles. The first kappa shape index (κ1) is 15.1. The second-order valence-electron chi connectivity index (χ2n) is 6.22. The van der Waals surface area contributed by atoms with Crippen LogP contribution in [0.5, 0.6) is 0 Å². The number of hydrogen-bond acceptors (Lipinski definition) is 4. The van der Waals surface area contributed by atoms with E-state index >= 15 is 0 Å². The Morgan fingerprint density at radius 2 is 1.90 bits per heavy atom. The molecule has 108 valence electrons. The van der Waals surface area contributed by atoms with Gasteiger partial charge in [0.05, 0.1) is 10.6 Å². The zero-order valence-electron chi connectivity index (χ0n) is 12.5. The molecule has 2 N–H and O–H groups in total. The Bertz CT molecular complexity index is 528. The summed E-state index contributed by atoms with van der Waals surface area (Å²) in [5.74, 6) is 0. The highest BCUT2D eigenvalue weighted by Gasteiger charge is 2.25. The summed E-state index contributed by atoms with van der Waals surface area (Å²) in [6.07, 6.45) is 3.14. The van der Waals surface area contributed by atoms with Crippen LogP contribution >= 0.6 is 11.5 Å². The molecule has 2 rings (SSSR count). The molecule has 1 aromatic heterocycles. The Hall–Kier alpha value is -1.26. The molecule has 1 heterocycles. The minimum atomic E-state index is 0.0133. The van der Waals surface area contributed by atoms with Crippen molar-refractivity contribution in [1.29, 1.82) is 0 Å². The molecule has 3 nitrogen and oxygen atoms in total. The Morgan fingerprint density at radius 1 is 1.20 bits per heavy atom. The molecule has 1 aromatic carbocycles. The number of aromatic nitrogens is 2. The van der Waals surface area contributed by atoms with Gasteiger partial charge in [-0.1, -0.05) is 55.6 Å². The lowest BCUT2D eigenvalue weighted by Gasteiger charge is -2.19. The molecule has 1 unspecified atom stereocenters. The molecule has 2 aromatic rings. The molecule has 0 saturated carbocycles. The van der Waals surface area contributed by atoms with Gasteiger partial charge in [-0.25, -0.2) is 0 Å². The topological polar surface area (TPSA) is 51.8 Å². The first-order valence-electron chi connectivity index (χ1n) is 7.10. The monoisotopic (exact) mass is 289 g/mol. The summed E-state index contributed by atoms with van der Waals surface area (Å²) in [4.78, 5) is 1.14. The van der Waals surface area contributed by atoms with Gasteiger partial charge >= 0.3 is 0 Å². The number of benzene rings is 1. The molecule has 0 aliphatic rings. The van der Waals surface area contributed by atoms with Crippen molar-refractivity contribution in [3.8, 4) is 0 Å². The number of rotatable bonds is 5. The Morgan fingerprint density at radius 3 is 2.55 bits per heavy atom. The standard InChI is InChI=1S/C16H23N3S/c1-16(2,3)15-14(20-19-18-15)13(17)11-7-10-12-8-5-4-6-9-12/h4-6,8-9,13H,7,10-11,17H2,1-3H3. The highest BCUT2D eigenvalue weighted by atomic mass is 32.1. The van der Waals surface area contributed by atoms with Crippen LogP contribution in [0.15, 0.2) is 30.3 Å². The number of nitrogens with two attached hydrogens (primary N) is 1. The fourth-order valence-electron chi connectivity index (χ4n) is 2.26. The van der Waals surface area contributed by atoms with Crippen LogP contribution in [0.4, 0.5) is 0 Å². The molecule has 0 fully saturated rings. The third-order valence-corrected chi connectivity index (χ3v) is 4.24. The van der Waals surface area contributed by atoms with Gasteiger partial charge in [0.25, 0.3) is 0 Å². The second kappa shape index (κ2) is 6.46. The highest BCUT2D eigenvalue weighted by molar-refractivity contribution is 7.05. The third-order valence-electron chi connectivity index (χ3n) is 3.38. The fraction of sp³-hybridized carbons (Fsp3) is 0.500. The fourth-order valence-corrected chi connectivity index (χ4v) is 3.16. The van der Waals surface area contributed by atoms with Gasteiger partial charge in [0, 0.05) is 11.5 Å². The van der Waals surface area contributed by atoms with Crippen molar-refractivity contribution in [1.82, 2.24) is 9.59 Å². The molecule has 0 aliphatic carbocycles. The van der Waals surface area contributed by atoms with Gasteiger partial charge in [-0.05, 0) is 36.4 Å². The molecule has 4 heteroatoms. The summed E-state index contributed by atoms with van der Waals surface area (Å²) in [5.41, 5.74) is 8.77. The molecule has 0 radical (unpaired) electrons. The summed E-state index contributed by atoms with van der Waals surface area (Å²) < 4.78 is 4.09. The maximum absolute atomic E-state index is 6.33. The Kier molecular flexibility index (Phi) is 4.89. The van der Waals surface area contributed by atoms with E-state index in [1.165, 1.54) is 17.1 Å². The lowest BCUT2D eigenvalue weighted by Crippen LogP contribution is -2.19. The predicted molar refractivity (Wildman–Crippen MR) is 84.9 cm³/mol. The minimum Gasteiger partial charge on any atom is -0.323 e. The summed E-state index contributed by atoms with van der Waals surface area (Å²) in [6, 6.07) is 10.6. The quantitative estimate of drug-likeness (QED) is 0.909. The Balaban J connectivity index is 1.93. The lowest BCUT2D eigenvalue weighted by atomic mass is 9.89. The van der Waals surface area contributed by atoms with Crippen molar-refractivity contribution in [3.05, 3.63) is 46.5 Å². The SMILES string of the molecule is CC(C)(C)c1nnsc1C(N)CCCc1ccccc1. The maximum Gasteiger partial charge on any atom is 0.0856 e. The van der Waals surface area contributed by atoms with Crippen LogP contribution in [-0.4, -0.2) is 9.59 Å². The van der Waals surface area contributed by atoms with E-state index in [0.717, 1.165) is 29.8 Å². The van der Waals surface area contributed by atoms with Gasteiger partial charge < -0.3 is 5.73 Å². The van der Waals surface area contributed by atoms with Gasteiger partial charge in [-0.3, -0.25) is 0 Å². The van der Waals surface area contributed by atoms with Crippen LogP contribution in [0.3, 0.4) is 0 Å². The van der Waals surface area contributed by atoms with E-state index in [-0.39, 0.29) is 11.5 Å². The van der Waals surface area contributed by atoms with Crippen molar-refractivity contribution in [3.63, 3.8) is 0 Å². The molecular formula is C16H23N3S. The second-order valence-corrected chi connectivity index (χ2v) is 7.01. The highest BCUT2D eigenvalue weighted by Crippen LogP contribution is 2.31. The molecular weight excluding hydrogens is 266 g/mol. The van der Waals surface area contributed by atoms with Crippen molar-refractivity contribution in [2.24, 2.45) is 5.73 Å². The van der Waals surface area contributed by atoms with Gasteiger partial charge in [0.15, 0.2) is 0 Å². The predicted octanol–water partition coefficient (Wildman–Crippen LogP) is 3.86. The van der Waals surface area contributed by atoms with E-state index < -0.39 is 0 Å². The number of aryl methyl sites for hydroxylation is 1. The zero-order chi connectivity index (χ0) is 14.6. The van der Waals surface area contributed by atoms with Crippen LogP contribution in [0, 0.1) is 0 Å². The zero-order valence-corrected chi connectivity index (χ0v) is 13.3. The Labute approximate surface area is 125 Å². The summed E-state index contributed by atoms with van der Waals surface area (Å²) in [5, 5.41) is 4.26. The van der Waals surface area contributed by atoms with Crippen molar-refractivity contribution >= 4 is 11.5 Å². The van der Waals surface area contributed by atoms with Crippen LogP contribution in [0.1, 0.15) is 55.8 Å². The van der Waals surface area contributed by atoms with E-state index in [0.29, 0.717) is 0 Å². The number of nitrogens with zero attached hydrogens (tertiary/aromatic N) is 2. The van der Waals surface area contributed by atoms with E-state index in [1.807, 2.05) is 6.07 Å². The molecule has 20 heavy (non-hydrogen) atoms. The molecule has 1 atom stereocenters. The van der Waals surface area contributed by atoms with Gasteiger partial charge in [0.1, 0.15) is 0 Å². The first-order valence-corrected chi connectivity index (χ1v) is 7.88. The average molecular weight is 289 g/mol. The average Bonchev–Trinajstić information content (AvgIpc) is 2.89. The van der Waals surface area contributed by atoms with Crippen LogP contribution in [-0.2, 0) is 11.8 Å². The molecule has 0 amide bonds. The van der Waals surface area contributed by atoms with Crippen molar-refractivity contribution in [2.45, 2.75) is 51.5 Å². The molecule has 0 spiro atoms. The van der Waals surface area contributed by atoms with Gasteiger partial charge in [-0.2, -0.15) is 0 Å². The summed E-state index contributed by atoms with van der Waals surface area (Å²) in [6.45, 7) is 6.47. The van der Waals surface area contributed by atoms with Crippen molar-refractivity contribution in [2.75, 3.05) is 0 Å². The smallest absolute Gasteiger partial charge is 0.0856 e. The van der Waals surface area contributed by atoms with Crippen molar-refractivity contribution < 1.29 is 0 Å². The van der Waals surface area contributed by atoms with E-state index in [2.05, 4.69) is 54.6 Å². The summed E-state index contributed by atoms with van der Waals surface area (Å²) in [7, 11) is 0. The molecule has 0 bridgehead atoms. The summed E-state index contributed by atoms with van der Waals surface area (Å²) >= 11 is 1.44. The van der Waals surface area contributed by atoms with Gasteiger partial charge in [0.2, 0.25) is 0 Å². The molecule has 0 saturated heterocycles. The number of hydrogen-bond donors (Lipinski definition) is 1. The van der Waals surface area contributed by atoms with Crippen LogP contribution < -0.4 is 5.73 Å². The van der Waals surface area contributed by atoms with E-state index in [1.54, 1.807) is 0 Å². The maximum atomic E-state index is 6.33. The largest absolute Gasteiger partial charge is 0.323 e. The lowest BCUT2D eigenvalue weighted by molar-refractivity contribution is 0.539. The van der Waals surface area contributed by atoms with Crippen LogP contribution in [0.2, 0.25) is 0 Å². The third kappa shape index (κ3) is 3.87. The van der Waals surface area contributed by atoms with E-state index in [9.17, 15) is 0 Å². The van der Waals surface area contributed by atoms with Crippen LogP contribution in [0.25, 0.3) is 0 Å².